The fourth-order valence-corrected chi connectivity index (χ4v) is 2.37. The highest BCUT2D eigenvalue weighted by molar-refractivity contribution is 5.83. The standard InChI is InChI=1S/C15H21N3O3/c1-21-13(19)11-17-7-9-18(10-8-17)15(20)14(16)12-5-3-2-4-6-12/h2-6,14H,7-11,16H2,1H3/t14-/m1/s1. The van der Waals surface area contributed by atoms with Crippen LogP contribution >= 0.6 is 0 Å². The third-order valence-electron chi connectivity index (χ3n) is 3.69. The topological polar surface area (TPSA) is 75.9 Å². The van der Waals surface area contributed by atoms with Gasteiger partial charge in [0.2, 0.25) is 5.91 Å². The number of hydrogen-bond acceptors (Lipinski definition) is 5. The molecule has 0 aliphatic carbocycles. The third-order valence-corrected chi connectivity index (χ3v) is 3.69. The van der Waals surface area contributed by atoms with Crippen LogP contribution in [0.2, 0.25) is 0 Å². The molecule has 1 atom stereocenters. The van der Waals surface area contributed by atoms with Crippen LogP contribution in [0.4, 0.5) is 0 Å². The molecule has 114 valence electrons. The molecule has 1 amide bonds. The van der Waals surface area contributed by atoms with Gasteiger partial charge in [0.25, 0.3) is 0 Å². The first kappa shape index (κ1) is 15.5. The zero-order chi connectivity index (χ0) is 15.2. The average molecular weight is 291 g/mol. The molecule has 1 saturated heterocycles. The maximum absolute atomic E-state index is 12.4. The van der Waals surface area contributed by atoms with E-state index in [4.69, 9.17) is 5.73 Å². The summed E-state index contributed by atoms with van der Waals surface area (Å²) in [7, 11) is 1.38. The summed E-state index contributed by atoms with van der Waals surface area (Å²) in [6.45, 7) is 2.74. The quantitative estimate of drug-likeness (QED) is 0.791. The fraction of sp³-hybridized carbons (Fsp3) is 0.467. The highest BCUT2D eigenvalue weighted by Crippen LogP contribution is 2.14. The van der Waals surface area contributed by atoms with Gasteiger partial charge in [-0.25, -0.2) is 0 Å². The molecular weight excluding hydrogens is 270 g/mol. The summed E-state index contributed by atoms with van der Waals surface area (Å²) in [6.07, 6.45) is 0. The van der Waals surface area contributed by atoms with Crippen LogP contribution in [0.25, 0.3) is 0 Å². The van der Waals surface area contributed by atoms with E-state index in [1.807, 2.05) is 35.2 Å². The van der Waals surface area contributed by atoms with Crippen molar-refractivity contribution in [3.8, 4) is 0 Å². The van der Waals surface area contributed by atoms with E-state index in [0.29, 0.717) is 26.2 Å². The lowest BCUT2D eigenvalue weighted by Crippen LogP contribution is -2.52. The number of carbonyl (C=O) groups excluding carboxylic acids is 2. The van der Waals surface area contributed by atoms with Gasteiger partial charge in [0.15, 0.2) is 0 Å². The van der Waals surface area contributed by atoms with Crippen LogP contribution in [0.5, 0.6) is 0 Å². The Balaban J connectivity index is 1.87. The molecule has 21 heavy (non-hydrogen) atoms. The summed E-state index contributed by atoms with van der Waals surface area (Å²) in [6, 6.07) is 8.73. The van der Waals surface area contributed by atoms with Crippen molar-refractivity contribution in [3.05, 3.63) is 35.9 Å². The molecule has 2 N–H and O–H groups in total. The maximum atomic E-state index is 12.4. The highest BCUT2D eigenvalue weighted by Gasteiger charge is 2.26. The minimum Gasteiger partial charge on any atom is -0.468 e. The number of rotatable bonds is 4. The Kier molecular flexibility index (Phi) is 5.30. The summed E-state index contributed by atoms with van der Waals surface area (Å²) in [4.78, 5) is 27.3. The van der Waals surface area contributed by atoms with Gasteiger partial charge in [-0.05, 0) is 5.56 Å². The van der Waals surface area contributed by atoms with E-state index < -0.39 is 6.04 Å². The molecule has 1 heterocycles. The molecule has 1 aliphatic heterocycles. The Labute approximate surface area is 124 Å². The van der Waals surface area contributed by atoms with E-state index in [1.165, 1.54) is 7.11 Å². The number of methoxy groups -OCH3 is 1. The first-order valence-corrected chi connectivity index (χ1v) is 7.00. The number of nitrogens with zero attached hydrogens (tertiary/aromatic N) is 2. The van der Waals surface area contributed by atoms with E-state index >= 15 is 0 Å². The van der Waals surface area contributed by atoms with Crippen LogP contribution in [-0.4, -0.2) is 61.5 Å². The Morgan fingerprint density at radius 1 is 1.19 bits per heavy atom. The van der Waals surface area contributed by atoms with Crippen molar-refractivity contribution in [2.24, 2.45) is 5.73 Å². The number of benzene rings is 1. The second-order valence-corrected chi connectivity index (χ2v) is 5.07. The SMILES string of the molecule is COC(=O)CN1CCN(C(=O)[C@H](N)c2ccccc2)CC1. The van der Waals surface area contributed by atoms with Gasteiger partial charge < -0.3 is 15.4 Å². The van der Waals surface area contributed by atoms with Gasteiger partial charge in [0.1, 0.15) is 6.04 Å². The minimum absolute atomic E-state index is 0.0704. The van der Waals surface area contributed by atoms with Gasteiger partial charge >= 0.3 is 5.97 Å². The number of amides is 1. The number of piperazine rings is 1. The smallest absolute Gasteiger partial charge is 0.319 e. The van der Waals surface area contributed by atoms with Crippen LogP contribution in [-0.2, 0) is 14.3 Å². The Bertz CT molecular complexity index is 484. The zero-order valence-corrected chi connectivity index (χ0v) is 12.2. The normalized spacial score (nSPS) is 17.3. The maximum Gasteiger partial charge on any atom is 0.319 e. The predicted octanol–water partition coefficient (Wildman–Crippen LogP) is 0.00360. The van der Waals surface area contributed by atoms with Crippen molar-refractivity contribution in [2.75, 3.05) is 39.8 Å². The molecule has 0 unspecified atom stereocenters. The summed E-state index contributed by atoms with van der Waals surface area (Å²) in [5, 5.41) is 0. The average Bonchev–Trinajstić information content (AvgIpc) is 2.55. The zero-order valence-electron chi connectivity index (χ0n) is 12.2. The van der Waals surface area contributed by atoms with Crippen molar-refractivity contribution < 1.29 is 14.3 Å². The van der Waals surface area contributed by atoms with Crippen molar-refractivity contribution in [1.29, 1.82) is 0 Å². The minimum atomic E-state index is -0.627. The van der Waals surface area contributed by atoms with Crippen molar-refractivity contribution in [3.63, 3.8) is 0 Å². The molecule has 6 heteroatoms. The Morgan fingerprint density at radius 3 is 2.38 bits per heavy atom. The highest BCUT2D eigenvalue weighted by atomic mass is 16.5. The first-order chi connectivity index (χ1) is 10.1. The lowest BCUT2D eigenvalue weighted by Gasteiger charge is -2.35. The molecule has 1 aromatic rings. The molecular formula is C15H21N3O3. The van der Waals surface area contributed by atoms with E-state index in [1.54, 1.807) is 4.90 Å². The molecule has 0 radical (unpaired) electrons. The molecule has 0 saturated carbocycles. The molecule has 2 rings (SSSR count). The molecule has 0 aromatic heterocycles. The van der Waals surface area contributed by atoms with E-state index in [-0.39, 0.29) is 18.4 Å². The third kappa shape index (κ3) is 4.03. The van der Waals surface area contributed by atoms with Gasteiger partial charge in [-0.15, -0.1) is 0 Å². The van der Waals surface area contributed by atoms with Crippen LogP contribution in [0.1, 0.15) is 11.6 Å². The molecule has 6 nitrogen and oxygen atoms in total. The van der Waals surface area contributed by atoms with Crippen molar-refractivity contribution in [2.45, 2.75) is 6.04 Å². The number of nitrogens with two attached hydrogens (primary N) is 1. The summed E-state index contributed by atoms with van der Waals surface area (Å²) in [5.74, 6) is -0.324. The molecule has 0 spiro atoms. The summed E-state index contributed by atoms with van der Waals surface area (Å²) >= 11 is 0. The van der Waals surface area contributed by atoms with Crippen LogP contribution in [0.3, 0.4) is 0 Å². The number of carbonyl (C=O) groups is 2. The lowest BCUT2D eigenvalue weighted by molar-refractivity contribution is -0.142. The van der Waals surface area contributed by atoms with Gasteiger partial charge in [0, 0.05) is 26.2 Å². The molecule has 0 bridgehead atoms. The van der Waals surface area contributed by atoms with Crippen molar-refractivity contribution >= 4 is 11.9 Å². The largest absolute Gasteiger partial charge is 0.468 e. The molecule has 1 fully saturated rings. The van der Waals surface area contributed by atoms with Gasteiger partial charge in [0.05, 0.1) is 13.7 Å². The number of esters is 1. The monoisotopic (exact) mass is 291 g/mol. The summed E-state index contributed by atoms with van der Waals surface area (Å²) < 4.78 is 4.64. The second kappa shape index (κ2) is 7.19. The van der Waals surface area contributed by atoms with E-state index in [9.17, 15) is 9.59 Å². The van der Waals surface area contributed by atoms with E-state index in [0.717, 1.165) is 5.56 Å². The Morgan fingerprint density at radius 2 is 1.81 bits per heavy atom. The van der Waals surface area contributed by atoms with Crippen LogP contribution < -0.4 is 5.73 Å². The Hall–Kier alpha value is -1.92. The van der Waals surface area contributed by atoms with Crippen LogP contribution in [0, 0.1) is 0 Å². The van der Waals surface area contributed by atoms with Crippen molar-refractivity contribution in [1.82, 2.24) is 9.80 Å². The lowest BCUT2D eigenvalue weighted by atomic mass is 10.1. The fourth-order valence-electron chi connectivity index (χ4n) is 2.37. The van der Waals surface area contributed by atoms with Gasteiger partial charge in [-0.3, -0.25) is 14.5 Å². The van der Waals surface area contributed by atoms with E-state index in [2.05, 4.69) is 4.74 Å². The summed E-state index contributed by atoms with van der Waals surface area (Å²) in [5.41, 5.74) is 6.85. The van der Waals surface area contributed by atoms with Crippen LogP contribution in [0.15, 0.2) is 30.3 Å². The predicted molar refractivity (Wildman–Crippen MR) is 78.4 cm³/mol. The number of ether oxygens (including phenoxy) is 1. The van der Waals surface area contributed by atoms with Gasteiger partial charge in [-0.2, -0.15) is 0 Å². The molecule has 1 aromatic carbocycles. The first-order valence-electron chi connectivity index (χ1n) is 7.00. The van der Waals surface area contributed by atoms with Gasteiger partial charge in [-0.1, -0.05) is 30.3 Å². The molecule has 1 aliphatic rings. The second-order valence-electron chi connectivity index (χ2n) is 5.07. The number of hydrogen-bond donors (Lipinski definition) is 1.